The van der Waals surface area contributed by atoms with Gasteiger partial charge in [0.1, 0.15) is 0 Å². The van der Waals surface area contributed by atoms with Crippen molar-refractivity contribution < 1.29 is 4.92 Å². The number of aromatic nitrogens is 1. The number of hydrogen-bond acceptors (Lipinski definition) is 2. The van der Waals surface area contributed by atoms with Gasteiger partial charge in [-0.1, -0.05) is 40.2 Å². The monoisotopic (exact) mass is 330 g/mol. The number of nitro groups is 1. The van der Waals surface area contributed by atoms with Gasteiger partial charge >= 0.3 is 0 Å². The summed E-state index contributed by atoms with van der Waals surface area (Å²) in [6.07, 6.45) is 1.89. The van der Waals surface area contributed by atoms with Crippen LogP contribution in [0.2, 0.25) is 0 Å². The normalized spacial score (nSPS) is 10.8. The van der Waals surface area contributed by atoms with Gasteiger partial charge in [0, 0.05) is 23.3 Å². The molecule has 0 aliphatic carbocycles. The van der Waals surface area contributed by atoms with Gasteiger partial charge in [-0.3, -0.25) is 10.1 Å². The van der Waals surface area contributed by atoms with Gasteiger partial charge in [0.2, 0.25) is 0 Å². The molecule has 0 unspecified atom stereocenters. The second-order valence-corrected chi connectivity index (χ2v) is 5.36. The first-order valence-corrected chi connectivity index (χ1v) is 6.92. The Morgan fingerprint density at radius 3 is 2.65 bits per heavy atom. The van der Waals surface area contributed by atoms with Gasteiger partial charge in [0.05, 0.1) is 15.8 Å². The lowest BCUT2D eigenvalue weighted by molar-refractivity contribution is -0.383. The van der Waals surface area contributed by atoms with Crippen LogP contribution in [0, 0.1) is 10.1 Å². The van der Waals surface area contributed by atoms with E-state index in [1.54, 1.807) is 12.1 Å². The molecule has 20 heavy (non-hydrogen) atoms. The first-order chi connectivity index (χ1) is 9.66. The van der Waals surface area contributed by atoms with Crippen molar-refractivity contribution in [3.05, 3.63) is 74.9 Å². The zero-order chi connectivity index (χ0) is 14.1. The molecule has 1 heterocycles. The van der Waals surface area contributed by atoms with E-state index >= 15 is 0 Å². The Morgan fingerprint density at radius 2 is 1.90 bits per heavy atom. The standard InChI is InChI=1S/C15H11BrN2O2/c16-13-5-2-1-4-11(13)10-17-9-8-12-14(17)6-3-7-15(12)18(19)20/h1-9H,10H2. The molecule has 0 fully saturated rings. The van der Waals surface area contributed by atoms with Crippen LogP contribution in [-0.2, 0) is 6.54 Å². The van der Waals surface area contributed by atoms with Crippen molar-refractivity contribution in [1.29, 1.82) is 0 Å². The number of halogens is 1. The minimum atomic E-state index is -0.342. The van der Waals surface area contributed by atoms with Crippen molar-refractivity contribution in [2.75, 3.05) is 0 Å². The second-order valence-electron chi connectivity index (χ2n) is 4.50. The highest BCUT2D eigenvalue weighted by Gasteiger charge is 2.14. The molecule has 0 radical (unpaired) electrons. The maximum Gasteiger partial charge on any atom is 0.278 e. The molecule has 0 saturated heterocycles. The summed E-state index contributed by atoms with van der Waals surface area (Å²) in [5, 5.41) is 11.7. The summed E-state index contributed by atoms with van der Waals surface area (Å²) < 4.78 is 3.05. The Hall–Kier alpha value is -2.14. The van der Waals surface area contributed by atoms with Crippen LogP contribution in [0.25, 0.3) is 10.9 Å². The average molecular weight is 331 g/mol. The van der Waals surface area contributed by atoms with Crippen molar-refractivity contribution in [2.24, 2.45) is 0 Å². The molecular formula is C15H11BrN2O2. The first-order valence-electron chi connectivity index (χ1n) is 6.12. The van der Waals surface area contributed by atoms with Gasteiger partial charge in [-0.25, -0.2) is 0 Å². The predicted octanol–water partition coefficient (Wildman–Crippen LogP) is 4.36. The molecule has 100 valence electrons. The van der Waals surface area contributed by atoms with E-state index in [2.05, 4.69) is 15.9 Å². The van der Waals surface area contributed by atoms with E-state index in [0.29, 0.717) is 11.9 Å². The Balaban J connectivity index is 2.08. The van der Waals surface area contributed by atoms with Crippen LogP contribution in [0.4, 0.5) is 5.69 Å². The summed E-state index contributed by atoms with van der Waals surface area (Å²) >= 11 is 3.52. The first kappa shape index (κ1) is 12.9. The van der Waals surface area contributed by atoms with Crippen molar-refractivity contribution in [3.63, 3.8) is 0 Å². The summed E-state index contributed by atoms with van der Waals surface area (Å²) in [4.78, 5) is 10.7. The zero-order valence-corrected chi connectivity index (χ0v) is 12.1. The van der Waals surface area contributed by atoms with Crippen molar-refractivity contribution in [1.82, 2.24) is 4.57 Å². The van der Waals surface area contributed by atoms with E-state index in [9.17, 15) is 10.1 Å². The molecule has 2 aromatic carbocycles. The van der Waals surface area contributed by atoms with E-state index in [1.807, 2.05) is 41.1 Å². The fraction of sp³-hybridized carbons (Fsp3) is 0.0667. The lowest BCUT2D eigenvalue weighted by Gasteiger charge is -2.07. The van der Waals surface area contributed by atoms with Gasteiger partial charge in [0.25, 0.3) is 5.69 Å². The molecule has 0 spiro atoms. The van der Waals surface area contributed by atoms with E-state index in [1.165, 1.54) is 6.07 Å². The van der Waals surface area contributed by atoms with Crippen LogP contribution in [0.5, 0.6) is 0 Å². The third-order valence-corrected chi connectivity index (χ3v) is 4.06. The molecule has 0 aliphatic rings. The smallest absolute Gasteiger partial charge is 0.278 e. The lowest BCUT2D eigenvalue weighted by atomic mass is 10.2. The van der Waals surface area contributed by atoms with Crippen molar-refractivity contribution >= 4 is 32.5 Å². The molecule has 3 aromatic rings. The third kappa shape index (κ3) is 2.20. The summed E-state index contributed by atoms with van der Waals surface area (Å²) in [6.45, 7) is 0.673. The van der Waals surface area contributed by atoms with Crippen LogP contribution in [0.1, 0.15) is 5.56 Å². The van der Waals surface area contributed by atoms with Crippen LogP contribution >= 0.6 is 15.9 Å². The highest BCUT2D eigenvalue weighted by molar-refractivity contribution is 9.10. The Labute approximate surface area is 123 Å². The number of benzene rings is 2. The molecule has 4 nitrogen and oxygen atoms in total. The molecule has 0 aliphatic heterocycles. The highest BCUT2D eigenvalue weighted by atomic mass is 79.9. The van der Waals surface area contributed by atoms with Gasteiger partial charge in [-0.15, -0.1) is 0 Å². The largest absolute Gasteiger partial charge is 0.343 e. The molecule has 0 amide bonds. The van der Waals surface area contributed by atoms with Gasteiger partial charge in [-0.2, -0.15) is 0 Å². The summed E-state index contributed by atoms with van der Waals surface area (Å²) in [5.41, 5.74) is 2.15. The Kier molecular flexibility index (Phi) is 3.28. The fourth-order valence-electron chi connectivity index (χ4n) is 2.31. The molecule has 0 atom stereocenters. The average Bonchev–Trinajstić information content (AvgIpc) is 2.84. The number of nitrogens with zero attached hydrogens (tertiary/aromatic N) is 2. The number of non-ortho nitro benzene ring substituents is 1. The minimum absolute atomic E-state index is 0.147. The van der Waals surface area contributed by atoms with Gasteiger partial charge in [-0.05, 0) is 23.8 Å². The Morgan fingerprint density at radius 1 is 1.10 bits per heavy atom. The van der Waals surface area contributed by atoms with Crippen LogP contribution in [-0.4, -0.2) is 9.49 Å². The van der Waals surface area contributed by atoms with Gasteiger partial charge in [0.15, 0.2) is 0 Å². The third-order valence-electron chi connectivity index (χ3n) is 3.29. The second kappa shape index (κ2) is 5.09. The topological polar surface area (TPSA) is 48.1 Å². The van der Waals surface area contributed by atoms with Crippen LogP contribution in [0.3, 0.4) is 0 Å². The predicted molar refractivity (Wildman–Crippen MR) is 81.8 cm³/mol. The minimum Gasteiger partial charge on any atom is -0.343 e. The fourth-order valence-corrected chi connectivity index (χ4v) is 2.72. The van der Waals surface area contributed by atoms with Crippen molar-refractivity contribution in [3.8, 4) is 0 Å². The summed E-state index contributed by atoms with van der Waals surface area (Å²) in [6, 6.07) is 14.9. The van der Waals surface area contributed by atoms with E-state index in [0.717, 1.165) is 15.6 Å². The highest BCUT2D eigenvalue weighted by Crippen LogP contribution is 2.27. The molecule has 0 N–H and O–H groups in total. The SMILES string of the molecule is O=[N+]([O-])c1cccc2c1ccn2Cc1ccccc1Br. The van der Waals surface area contributed by atoms with Crippen molar-refractivity contribution in [2.45, 2.75) is 6.54 Å². The summed E-state index contributed by atoms with van der Waals surface area (Å²) in [7, 11) is 0. The molecule has 0 bridgehead atoms. The maximum absolute atomic E-state index is 11.0. The molecule has 1 aromatic heterocycles. The molecular weight excluding hydrogens is 320 g/mol. The van der Waals surface area contributed by atoms with Crippen LogP contribution in [0.15, 0.2) is 59.2 Å². The number of hydrogen-bond donors (Lipinski definition) is 0. The quantitative estimate of drug-likeness (QED) is 0.529. The summed E-state index contributed by atoms with van der Waals surface area (Å²) in [5.74, 6) is 0. The van der Waals surface area contributed by atoms with E-state index in [4.69, 9.17) is 0 Å². The number of rotatable bonds is 3. The molecule has 5 heteroatoms. The van der Waals surface area contributed by atoms with E-state index < -0.39 is 0 Å². The molecule has 3 rings (SSSR count). The Bertz CT molecular complexity index is 795. The number of nitro benzene ring substituents is 1. The maximum atomic E-state index is 11.0. The van der Waals surface area contributed by atoms with Gasteiger partial charge < -0.3 is 4.57 Å². The molecule has 0 saturated carbocycles. The van der Waals surface area contributed by atoms with Crippen LogP contribution < -0.4 is 0 Å². The van der Waals surface area contributed by atoms with E-state index in [-0.39, 0.29) is 10.6 Å². The lowest BCUT2D eigenvalue weighted by Crippen LogP contribution is -1.98. The zero-order valence-electron chi connectivity index (χ0n) is 10.5. The number of fused-ring (bicyclic) bond motifs is 1.